The van der Waals surface area contributed by atoms with E-state index in [0.29, 0.717) is 5.76 Å². The number of allylic oxidation sites excluding steroid dienone is 1. The predicted octanol–water partition coefficient (Wildman–Crippen LogP) is 5.22. The maximum atomic E-state index is 12.3. The number of hydrogen-bond acceptors (Lipinski definition) is 3. The molecule has 0 saturated heterocycles. The number of rotatable bonds is 4. The Morgan fingerprint density at radius 3 is 2.50 bits per heavy atom. The number of nitrogens with zero attached hydrogens (tertiary/aromatic N) is 2. The summed E-state index contributed by atoms with van der Waals surface area (Å²) in [5, 5.41) is 7.86. The van der Waals surface area contributed by atoms with E-state index in [2.05, 4.69) is 76.4 Å². The first kappa shape index (κ1) is 20.2. The van der Waals surface area contributed by atoms with Gasteiger partial charge >= 0.3 is 0 Å². The van der Waals surface area contributed by atoms with Crippen molar-refractivity contribution < 1.29 is 9.21 Å². The van der Waals surface area contributed by atoms with Gasteiger partial charge in [0.05, 0.1) is 17.6 Å². The molecule has 1 aromatic carbocycles. The second-order valence-corrected chi connectivity index (χ2v) is 9.08. The molecule has 0 spiro atoms. The average Bonchev–Trinajstić information content (AvgIpc) is 3.42. The van der Waals surface area contributed by atoms with Crippen molar-refractivity contribution in [1.29, 1.82) is 0 Å². The van der Waals surface area contributed by atoms with E-state index in [1.54, 1.807) is 12.1 Å². The molecule has 2 aromatic heterocycles. The van der Waals surface area contributed by atoms with Crippen molar-refractivity contribution in [3.63, 3.8) is 0 Å². The van der Waals surface area contributed by atoms with Gasteiger partial charge in [0.2, 0.25) is 0 Å². The zero-order valence-electron chi connectivity index (χ0n) is 18.3. The van der Waals surface area contributed by atoms with Crippen LogP contribution in [0.5, 0.6) is 0 Å². The third-order valence-corrected chi connectivity index (χ3v) is 5.84. The Labute approximate surface area is 177 Å². The van der Waals surface area contributed by atoms with Crippen LogP contribution in [0.15, 0.2) is 59.2 Å². The van der Waals surface area contributed by atoms with Crippen molar-refractivity contribution in [3.8, 4) is 5.69 Å². The minimum absolute atomic E-state index is 0.0131. The molecule has 30 heavy (non-hydrogen) atoms. The largest absolute Gasteiger partial charge is 0.459 e. The van der Waals surface area contributed by atoms with Gasteiger partial charge in [0.1, 0.15) is 0 Å². The van der Waals surface area contributed by atoms with Gasteiger partial charge < -0.3 is 9.73 Å². The van der Waals surface area contributed by atoms with Gasteiger partial charge in [0.25, 0.3) is 5.91 Å². The summed E-state index contributed by atoms with van der Waals surface area (Å²) in [6, 6.07) is 12.0. The Morgan fingerprint density at radius 2 is 1.87 bits per heavy atom. The zero-order chi connectivity index (χ0) is 21.5. The van der Waals surface area contributed by atoms with E-state index in [0.717, 1.165) is 23.5 Å². The molecule has 0 unspecified atom stereocenters. The van der Waals surface area contributed by atoms with Gasteiger partial charge in [0, 0.05) is 23.2 Å². The van der Waals surface area contributed by atoms with Crippen LogP contribution in [0.1, 0.15) is 66.2 Å². The van der Waals surface area contributed by atoms with Gasteiger partial charge in [-0.1, -0.05) is 45.1 Å². The lowest BCUT2D eigenvalue weighted by Crippen LogP contribution is -2.32. The lowest BCUT2D eigenvalue weighted by atomic mass is 9.87. The first-order valence-corrected chi connectivity index (χ1v) is 10.4. The maximum Gasteiger partial charge on any atom is 0.287 e. The Bertz CT molecular complexity index is 1070. The van der Waals surface area contributed by atoms with Crippen LogP contribution in [0, 0.1) is 13.8 Å². The summed E-state index contributed by atoms with van der Waals surface area (Å²) in [6.07, 6.45) is 6.58. The molecule has 1 aliphatic carbocycles. The van der Waals surface area contributed by atoms with E-state index >= 15 is 0 Å². The molecule has 156 valence electrons. The number of nitrogens with one attached hydrogen (secondary N) is 1. The molecular formula is C25H29N3O2. The smallest absolute Gasteiger partial charge is 0.287 e. The quantitative estimate of drug-likeness (QED) is 0.608. The fourth-order valence-electron chi connectivity index (χ4n) is 4.21. The van der Waals surface area contributed by atoms with Crippen molar-refractivity contribution >= 4 is 5.91 Å². The van der Waals surface area contributed by atoms with Gasteiger partial charge in [-0.3, -0.25) is 4.79 Å². The molecule has 3 aromatic rings. The van der Waals surface area contributed by atoms with Crippen molar-refractivity contribution in [2.45, 2.75) is 58.4 Å². The number of carbonyl (C=O) groups is 1. The molecule has 0 aliphatic heterocycles. The number of carbonyl (C=O) groups excluding carboxylic acids is 1. The van der Waals surface area contributed by atoms with Gasteiger partial charge in [-0.05, 0) is 55.5 Å². The van der Waals surface area contributed by atoms with Gasteiger partial charge in [-0.25, -0.2) is 4.68 Å². The van der Waals surface area contributed by atoms with Crippen molar-refractivity contribution in [1.82, 2.24) is 15.1 Å². The minimum atomic E-state index is -0.182. The van der Waals surface area contributed by atoms with Crippen LogP contribution >= 0.6 is 0 Å². The first-order chi connectivity index (χ1) is 14.2. The van der Waals surface area contributed by atoms with Gasteiger partial charge in [0.15, 0.2) is 5.76 Å². The van der Waals surface area contributed by atoms with E-state index in [-0.39, 0.29) is 23.3 Å². The van der Waals surface area contributed by atoms with Crippen LogP contribution in [0.3, 0.4) is 0 Å². The second-order valence-electron chi connectivity index (χ2n) is 9.08. The molecule has 1 amide bonds. The predicted molar refractivity (Wildman–Crippen MR) is 118 cm³/mol. The Morgan fingerprint density at radius 1 is 1.13 bits per heavy atom. The number of amides is 1. The highest BCUT2D eigenvalue weighted by Crippen LogP contribution is 2.34. The van der Waals surface area contributed by atoms with Crippen LogP contribution in [0.25, 0.3) is 5.69 Å². The monoisotopic (exact) mass is 403 g/mol. The number of aromatic nitrogens is 2. The zero-order valence-corrected chi connectivity index (χ0v) is 18.3. The molecular weight excluding hydrogens is 374 g/mol. The fraction of sp³-hybridized carbons (Fsp3) is 0.360. The number of benzene rings is 1. The summed E-state index contributed by atoms with van der Waals surface area (Å²) in [7, 11) is 0. The maximum absolute atomic E-state index is 12.3. The van der Waals surface area contributed by atoms with E-state index in [1.165, 1.54) is 17.4 Å². The van der Waals surface area contributed by atoms with Gasteiger partial charge in [-0.15, -0.1) is 0 Å². The second kappa shape index (κ2) is 7.63. The fourth-order valence-corrected chi connectivity index (χ4v) is 4.21. The minimum Gasteiger partial charge on any atom is -0.459 e. The van der Waals surface area contributed by atoms with Crippen LogP contribution in [-0.2, 0) is 5.41 Å². The average molecular weight is 404 g/mol. The topological polar surface area (TPSA) is 60.1 Å². The molecule has 5 heteroatoms. The molecule has 0 saturated carbocycles. The van der Waals surface area contributed by atoms with Crippen LogP contribution in [-0.4, -0.2) is 21.7 Å². The number of furan rings is 1. The van der Waals surface area contributed by atoms with Crippen molar-refractivity contribution in [3.05, 3.63) is 83.1 Å². The molecule has 2 heterocycles. The SMILES string of the molecule is Cc1nn(-c2ccc(C(C)(C)C)cc2)c(C)c1[C@@H]1C=C[C@@H](NC(=O)c2ccco2)C1. The van der Waals surface area contributed by atoms with E-state index in [1.807, 2.05) is 4.68 Å². The Kier molecular flexibility index (Phi) is 5.14. The van der Waals surface area contributed by atoms with Crippen LogP contribution in [0.4, 0.5) is 0 Å². The third kappa shape index (κ3) is 3.84. The summed E-state index contributed by atoms with van der Waals surface area (Å²) < 4.78 is 7.21. The number of hydrogen-bond donors (Lipinski definition) is 1. The van der Waals surface area contributed by atoms with E-state index in [4.69, 9.17) is 9.52 Å². The Hall–Kier alpha value is -3.08. The molecule has 2 atom stereocenters. The highest BCUT2D eigenvalue weighted by molar-refractivity contribution is 5.91. The van der Waals surface area contributed by atoms with Crippen LogP contribution < -0.4 is 5.32 Å². The molecule has 0 radical (unpaired) electrons. The molecule has 5 nitrogen and oxygen atoms in total. The van der Waals surface area contributed by atoms with E-state index < -0.39 is 0 Å². The summed E-state index contributed by atoms with van der Waals surface area (Å²) in [5.74, 6) is 0.388. The van der Waals surface area contributed by atoms with Crippen molar-refractivity contribution in [2.24, 2.45) is 0 Å². The third-order valence-electron chi connectivity index (χ3n) is 5.84. The van der Waals surface area contributed by atoms with Gasteiger partial charge in [-0.2, -0.15) is 5.10 Å². The highest BCUT2D eigenvalue weighted by Gasteiger charge is 2.27. The summed E-state index contributed by atoms with van der Waals surface area (Å²) >= 11 is 0. The lowest BCUT2D eigenvalue weighted by molar-refractivity contribution is 0.0916. The first-order valence-electron chi connectivity index (χ1n) is 10.4. The molecule has 0 fully saturated rings. The molecule has 0 bridgehead atoms. The normalized spacial score (nSPS) is 18.7. The van der Waals surface area contributed by atoms with Crippen LogP contribution in [0.2, 0.25) is 0 Å². The van der Waals surface area contributed by atoms with Crippen molar-refractivity contribution in [2.75, 3.05) is 0 Å². The molecule has 1 N–H and O–H groups in total. The molecule has 1 aliphatic rings. The highest BCUT2D eigenvalue weighted by atomic mass is 16.3. The molecule has 4 rings (SSSR count). The lowest BCUT2D eigenvalue weighted by Gasteiger charge is -2.19. The Balaban J connectivity index is 1.52. The standard InChI is InChI=1S/C25H29N3O2/c1-16-23(18-8-11-20(15-18)26-24(29)22-7-6-14-30-22)17(2)28(27-16)21-12-9-19(10-13-21)25(3,4)5/h6-14,18,20H,15H2,1-5H3,(H,26,29)/t18-,20-/m1/s1. The summed E-state index contributed by atoms with van der Waals surface area (Å²) in [5.41, 5.74) is 5.91. The number of aryl methyl sites for hydroxylation is 1. The van der Waals surface area contributed by atoms with E-state index in [9.17, 15) is 4.79 Å². The summed E-state index contributed by atoms with van der Waals surface area (Å²) in [6.45, 7) is 10.8. The summed E-state index contributed by atoms with van der Waals surface area (Å²) in [4.78, 5) is 12.3.